The molecule has 0 aromatic heterocycles. The molecule has 0 spiro atoms. The quantitative estimate of drug-likeness (QED) is 0.208. The van der Waals surface area contributed by atoms with Crippen LogP contribution in [0.15, 0.2) is 23.2 Å². The lowest BCUT2D eigenvalue weighted by Gasteiger charge is -2.14. The van der Waals surface area contributed by atoms with E-state index in [-0.39, 0.29) is 24.0 Å². The number of benzene rings is 1. The molecule has 1 aromatic carbocycles. The van der Waals surface area contributed by atoms with E-state index in [9.17, 15) is 0 Å². The number of methoxy groups -OCH3 is 1. The van der Waals surface area contributed by atoms with Gasteiger partial charge in [-0.15, -0.1) is 24.0 Å². The van der Waals surface area contributed by atoms with Crippen LogP contribution in [0.5, 0.6) is 11.5 Å². The van der Waals surface area contributed by atoms with Crippen molar-refractivity contribution in [2.45, 2.75) is 38.8 Å². The van der Waals surface area contributed by atoms with Crippen LogP contribution in [-0.2, 0) is 16.0 Å². The van der Waals surface area contributed by atoms with Crippen LogP contribution in [0.2, 0.25) is 0 Å². The Morgan fingerprint density at radius 2 is 2.14 bits per heavy atom. The molecule has 2 rings (SSSR count). The molecule has 1 fully saturated rings. The van der Waals surface area contributed by atoms with E-state index >= 15 is 0 Å². The highest BCUT2D eigenvalue weighted by Gasteiger charge is 2.14. The van der Waals surface area contributed by atoms with Crippen LogP contribution in [0, 0.1) is 0 Å². The molecule has 160 valence electrons. The van der Waals surface area contributed by atoms with Crippen LogP contribution >= 0.6 is 24.0 Å². The first kappa shape index (κ1) is 24.8. The van der Waals surface area contributed by atoms with E-state index in [1.54, 1.807) is 14.2 Å². The molecule has 1 saturated heterocycles. The van der Waals surface area contributed by atoms with Crippen molar-refractivity contribution in [2.75, 3.05) is 47.1 Å². The smallest absolute Gasteiger partial charge is 0.191 e. The predicted octanol–water partition coefficient (Wildman–Crippen LogP) is 2.96. The normalized spacial score (nSPS) is 16.4. The fourth-order valence-electron chi connectivity index (χ4n) is 2.88. The van der Waals surface area contributed by atoms with Crippen LogP contribution in [0.3, 0.4) is 0 Å². The molecule has 0 amide bonds. The number of rotatable bonds is 11. The Balaban J connectivity index is 0.00000392. The van der Waals surface area contributed by atoms with Gasteiger partial charge in [0.2, 0.25) is 0 Å². The Hall–Kier alpha value is -1.26. The third kappa shape index (κ3) is 8.83. The van der Waals surface area contributed by atoms with Crippen molar-refractivity contribution < 1.29 is 18.9 Å². The molecule has 1 aliphatic rings. The standard InChI is InChI=1S/C20H33N3O4.HI/c1-4-26-19-13-16(8-9-18(19)24-3)14-23-20(21-2)22-10-6-11-25-15-17-7-5-12-27-17;/h8-9,13,17H,4-7,10-12,14-15H2,1-3H3,(H2,21,22,23);1H. The largest absolute Gasteiger partial charge is 0.493 e. The average molecular weight is 507 g/mol. The second-order valence-corrected chi connectivity index (χ2v) is 6.33. The zero-order valence-corrected chi connectivity index (χ0v) is 19.5. The first-order valence-corrected chi connectivity index (χ1v) is 9.70. The molecule has 1 aromatic rings. The van der Waals surface area contributed by atoms with Gasteiger partial charge in [0.1, 0.15) is 0 Å². The highest BCUT2D eigenvalue weighted by atomic mass is 127. The number of halogens is 1. The molecule has 2 N–H and O–H groups in total. The van der Waals surface area contributed by atoms with Crippen molar-refractivity contribution in [1.29, 1.82) is 0 Å². The number of guanidine groups is 1. The van der Waals surface area contributed by atoms with E-state index in [4.69, 9.17) is 18.9 Å². The number of hydrogen-bond acceptors (Lipinski definition) is 5. The third-order valence-electron chi connectivity index (χ3n) is 4.30. The predicted molar refractivity (Wildman–Crippen MR) is 122 cm³/mol. The summed E-state index contributed by atoms with van der Waals surface area (Å²) in [6.45, 7) is 6.31. The Morgan fingerprint density at radius 3 is 2.82 bits per heavy atom. The first-order chi connectivity index (χ1) is 13.3. The van der Waals surface area contributed by atoms with E-state index in [0.717, 1.165) is 62.0 Å². The molecule has 1 heterocycles. The zero-order chi connectivity index (χ0) is 19.3. The molecule has 1 aliphatic heterocycles. The summed E-state index contributed by atoms with van der Waals surface area (Å²) in [5, 5.41) is 6.61. The van der Waals surface area contributed by atoms with Crippen molar-refractivity contribution in [3.63, 3.8) is 0 Å². The summed E-state index contributed by atoms with van der Waals surface area (Å²) in [4.78, 5) is 4.25. The fraction of sp³-hybridized carbons (Fsp3) is 0.650. The minimum absolute atomic E-state index is 0. The maximum absolute atomic E-state index is 5.67. The summed E-state index contributed by atoms with van der Waals surface area (Å²) in [7, 11) is 3.41. The van der Waals surface area contributed by atoms with Crippen LogP contribution in [0.4, 0.5) is 0 Å². The van der Waals surface area contributed by atoms with Gasteiger partial charge in [0, 0.05) is 33.4 Å². The summed E-state index contributed by atoms with van der Waals surface area (Å²) in [6.07, 6.45) is 3.48. The van der Waals surface area contributed by atoms with Gasteiger partial charge in [-0.25, -0.2) is 0 Å². The van der Waals surface area contributed by atoms with E-state index in [2.05, 4.69) is 15.6 Å². The highest BCUT2D eigenvalue weighted by molar-refractivity contribution is 14.0. The van der Waals surface area contributed by atoms with E-state index < -0.39 is 0 Å². The van der Waals surface area contributed by atoms with Crippen molar-refractivity contribution in [2.24, 2.45) is 4.99 Å². The Morgan fingerprint density at radius 1 is 1.29 bits per heavy atom. The summed E-state index contributed by atoms with van der Waals surface area (Å²) in [5.74, 6) is 2.26. The minimum Gasteiger partial charge on any atom is -0.493 e. The van der Waals surface area contributed by atoms with Crippen molar-refractivity contribution in [3.8, 4) is 11.5 Å². The van der Waals surface area contributed by atoms with Gasteiger partial charge in [-0.3, -0.25) is 4.99 Å². The summed E-state index contributed by atoms with van der Waals surface area (Å²) in [5.41, 5.74) is 1.10. The molecular weight excluding hydrogens is 473 g/mol. The maximum Gasteiger partial charge on any atom is 0.191 e. The van der Waals surface area contributed by atoms with Crippen LogP contribution in [0.1, 0.15) is 31.7 Å². The molecule has 8 heteroatoms. The average Bonchev–Trinajstić information content (AvgIpc) is 3.21. The lowest BCUT2D eigenvalue weighted by molar-refractivity contribution is 0.0168. The number of aliphatic imine (C=N–C) groups is 1. The summed E-state index contributed by atoms with van der Waals surface area (Å²) >= 11 is 0. The van der Waals surface area contributed by atoms with Gasteiger partial charge in [0.25, 0.3) is 0 Å². The molecule has 1 unspecified atom stereocenters. The first-order valence-electron chi connectivity index (χ1n) is 9.70. The molecule has 0 saturated carbocycles. The van der Waals surface area contributed by atoms with Gasteiger partial charge in [0.15, 0.2) is 17.5 Å². The Labute approximate surface area is 185 Å². The molecule has 1 atom stereocenters. The van der Waals surface area contributed by atoms with E-state index in [0.29, 0.717) is 25.9 Å². The maximum atomic E-state index is 5.67. The number of nitrogens with one attached hydrogen (secondary N) is 2. The summed E-state index contributed by atoms with van der Waals surface area (Å²) < 4.78 is 22.1. The second-order valence-electron chi connectivity index (χ2n) is 6.33. The minimum atomic E-state index is 0. The molecule has 0 bridgehead atoms. The lowest BCUT2D eigenvalue weighted by atomic mass is 10.2. The SMILES string of the molecule is CCOc1cc(CNC(=NC)NCCCOCC2CCCO2)ccc1OC.I. The molecule has 0 aliphatic carbocycles. The zero-order valence-electron chi connectivity index (χ0n) is 17.2. The number of ether oxygens (including phenoxy) is 4. The molecule has 7 nitrogen and oxygen atoms in total. The van der Waals surface area contributed by atoms with Gasteiger partial charge in [-0.1, -0.05) is 6.07 Å². The topological polar surface area (TPSA) is 73.3 Å². The van der Waals surface area contributed by atoms with Crippen LogP contribution in [-0.4, -0.2) is 59.2 Å². The molecule has 28 heavy (non-hydrogen) atoms. The number of nitrogens with zero attached hydrogens (tertiary/aromatic N) is 1. The number of hydrogen-bond donors (Lipinski definition) is 2. The summed E-state index contributed by atoms with van der Waals surface area (Å²) in [6, 6.07) is 5.92. The van der Waals surface area contributed by atoms with Gasteiger partial charge >= 0.3 is 0 Å². The van der Waals surface area contributed by atoms with E-state index in [1.165, 1.54) is 0 Å². The highest BCUT2D eigenvalue weighted by Crippen LogP contribution is 2.27. The lowest BCUT2D eigenvalue weighted by Crippen LogP contribution is -2.37. The van der Waals surface area contributed by atoms with Gasteiger partial charge in [0.05, 0.1) is 26.4 Å². The fourth-order valence-corrected chi connectivity index (χ4v) is 2.88. The van der Waals surface area contributed by atoms with Crippen molar-refractivity contribution >= 4 is 29.9 Å². The third-order valence-corrected chi connectivity index (χ3v) is 4.30. The Kier molecular flexibility index (Phi) is 13.0. The van der Waals surface area contributed by atoms with Crippen LogP contribution in [0.25, 0.3) is 0 Å². The second kappa shape index (κ2) is 14.7. The molecule has 0 radical (unpaired) electrons. The Bertz CT molecular complexity index is 581. The van der Waals surface area contributed by atoms with Gasteiger partial charge in [-0.2, -0.15) is 0 Å². The van der Waals surface area contributed by atoms with Crippen LogP contribution < -0.4 is 20.1 Å². The van der Waals surface area contributed by atoms with Crippen molar-refractivity contribution in [1.82, 2.24) is 10.6 Å². The van der Waals surface area contributed by atoms with E-state index in [1.807, 2.05) is 25.1 Å². The van der Waals surface area contributed by atoms with Crippen molar-refractivity contribution in [3.05, 3.63) is 23.8 Å². The molecular formula is C20H34IN3O4. The van der Waals surface area contributed by atoms with Gasteiger partial charge < -0.3 is 29.6 Å². The van der Waals surface area contributed by atoms with Gasteiger partial charge in [-0.05, 0) is 43.9 Å². The monoisotopic (exact) mass is 507 g/mol.